The zero-order valence-electron chi connectivity index (χ0n) is 49.1. The first-order valence-electron chi connectivity index (χ1n) is 35.3. The zero-order chi connectivity index (χ0) is 49.9. The molecule has 13 saturated carbocycles. The van der Waals surface area contributed by atoms with E-state index in [1.807, 2.05) is 0 Å². The molecule has 13 aliphatic carbocycles. The molecule has 13 fully saturated rings. The molecule has 0 N–H and O–H groups in total. The fraction of sp³-hybridized carbons (Fsp3) is 0.944. The highest BCUT2D eigenvalue weighted by atomic mass is 15.2. The van der Waals surface area contributed by atoms with Gasteiger partial charge in [0.05, 0.1) is 0 Å². The molecule has 0 heterocycles. The lowest BCUT2D eigenvalue weighted by Crippen LogP contribution is -2.72. The van der Waals surface area contributed by atoms with Gasteiger partial charge in [0.1, 0.15) is 0 Å². The number of hydrogen-bond donors (Lipinski definition) is 0. The van der Waals surface area contributed by atoms with Crippen LogP contribution in [-0.4, -0.2) is 46.1 Å². The first kappa shape index (κ1) is 52.8. The van der Waals surface area contributed by atoms with Crippen molar-refractivity contribution in [2.45, 2.75) is 308 Å². The third-order valence-corrected chi connectivity index (χ3v) is 27.8. The first-order valence-corrected chi connectivity index (χ1v) is 35.3. The molecule has 2 nitrogen and oxygen atoms in total. The Hall–Kier alpha value is -0.600. The summed E-state index contributed by atoms with van der Waals surface area (Å²) in [4.78, 5) is 7.14. The molecular formula is C72H118N2. The Labute approximate surface area is 458 Å². The van der Waals surface area contributed by atoms with Crippen molar-refractivity contribution in [1.82, 2.24) is 9.80 Å². The highest BCUT2D eigenvalue weighted by Gasteiger charge is 2.69. The summed E-state index contributed by atoms with van der Waals surface area (Å²) >= 11 is 0. The maximum absolute atomic E-state index is 3.57. The third-order valence-electron chi connectivity index (χ3n) is 27.8. The van der Waals surface area contributed by atoms with Crippen LogP contribution in [0.3, 0.4) is 0 Å². The number of allylic oxidation sites excluding steroid dienone is 4. The lowest BCUT2D eigenvalue weighted by molar-refractivity contribution is -0.243. The van der Waals surface area contributed by atoms with Crippen molar-refractivity contribution in [2.24, 2.45) is 118 Å². The van der Waals surface area contributed by atoms with E-state index < -0.39 is 0 Å². The maximum Gasteiger partial charge on any atom is 0.0163 e. The van der Waals surface area contributed by atoms with Crippen molar-refractivity contribution < 1.29 is 0 Å². The molecule has 13 aliphatic rings. The molecule has 0 radical (unpaired) electrons. The smallest absolute Gasteiger partial charge is 0.0163 e. The molecule has 0 saturated heterocycles. The van der Waals surface area contributed by atoms with E-state index in [0.29, 0.717) is 0 Å². The molecule has 0 aromatic carbocycles. The van der Waals surface area contributed by atoms with Crippen LogP contribution in [0.15, 0.2) is 24.3 Å². The van der Waals surface area contributed by atoms with E-state index >= 15 is 0 Å². The Morgan fingerprint density at radius 2 is 0.446 bits per heavy atom. The topological polar surface area (TPSA) is 6.48 Å². The minimum absolute atomic E-state index is 0.856. The maximum atomic E-state index is 3.57. The van der Waals surface area contributed by atoms with Gasteiger partial charge in [-0.25, -0.2) is 0 Å². The normalized spacial score (nSPS) is 52.0. The number of rotatable bonds is 10. The summed E-state index contributed by atoms with van der Waals surface area (Å²) in [7, 11) is 0. The first-order chi connectivity index (χ1) is 36.3. The Balaban J connectivity index is 0.804. The quantitative estimate of drug-likeness (QED) is 0.201. The molecule has 0 spiro atoms. The Bertz CT molecular complexity index is 1680. The predicted molar refractivity (Wildman–Crippen MR) is 313 cm³/mol. The molecule has 14 atom stereocenters. The predicted octanol–water partition coefficient (Wildman–Crippen LogP) is 19.3. The van der Waals surface area contributed by atoms with E-state index in [-0.39, 0.29) is 0 Å². The zero-order valence-corrected chi connectivity index (χ0v) is 49.1. The summed E-state index contributed by atoms with van der Waals surface area (Å²) in [6, 6.07) is 5.33. The summed E-state index contributed by atoms with van der Waals surface area (Å²) in [5, 5.41) is 0. The van der Waals surface area contributed by atoms with Crippen molar-refractivity contribution in [2.75, 3.05) is 0 Å². The third kappa shape index (κ3) is 10.5. The molecule has 0 amide bonds. The van der Waals surface area contributed by atoms with Gasteiger partial charge in [-0.15, -0.1) is 0 Å². The molecule has 2 heteroatoms. The van der Waals surface area contributed by atoms with Crippen LogP contribution in [0, 0.1) is 118 Å². The van der Waals surface area contributed by atoms with Gasteiger partial charge in [0.2, 0.25) is 0 Å². The van der Waals surface area contributed by atoms with Crippen molar-refractivity contribution in [3.63, 3.8) is 0 Å². The van der Waals surface area contributed by atoms with Gasteiger partial charge in [-0.1, -0.05) is 116 Å². The van der Waals surface area contributed by atoms with Crippen LogP contribution in [0.25, 0.3) is 0 Å². The summed E-state index contributed by atoms with van der Waals surface area (Å²) in [6.07, 6.45) is 69.2. The van der Waals surface area contributed by atoms with E-state index in [9.17, 15) is 0 Å². The monoisotopic (exact) mass is 1010 g/mol. The minimum atomic E-state index is 0.856. The van der Waals surface area contributed by atoms with Crippen LogP contribution in [0.4, 0.5) is 0 Å². The minimum Gasteiger partial charge on any atom is -0.294 e. The fourth-order valence-electron chi connectivity index (χ4n) is 24.3. The summed E-state index contributed by atoms with van der Waals surface area (Å²) in [5.74, 6) is 19.8. The van der Waals surface area contributed by atoms with Gasteiger partial charge in [-0.2, -0.15) is 0 Å². The van der Waals surface area contributed by atoms with Crippen LogP contribution < -0.4 is 0 Å². The van der Waals surface area contributed by atoms with E-state index in [0.717, 1.165) is 155 Å². The number of hydrogen-bond acceptors (Lipinski definition) is 2. The highest BCUT2D eigenvalue weighted by molar-refractivity contribution is 5.19. The van der Waals surface area contributed by atoms with E-state index in [4.69, 9.17) is 0 Å². The van der Waals surface area contributed by atoms with Gasteiger partial charge in [0.15, 0.2) is 0 Å². The van der Waals surface area contributed by atoms with Crippen molar-refractivity contribution in [1.29, 1.82) is 0 Å². The molecule has 13 rings (SSSR count). The Kier molecular flexibility index (Phi) is 16.7. The molecule has 0 aromatic rings. The molecule has 416 valence electrons. The van der Waals surface area contributed by atoms with Gasteiger partial charge in [0, 0.05) is 36.3 Å². The van der Waals surface area contributed by atoms with Crippen LogP contribution in [0.2, 0.25) is 0 Å². The largest absolute Gasteiger partial charge is 0.294 e. The molecule has 0 aliphatic heterocycles. The molecular weight excluding hydrogens is 893 g/mol. The van der Waals surface area contributed by atoms with Crippen LogP contribution in [0.1, 0.15) is 272 Å². The molecule has 0 aromatic heterocycles. The summed E-state index contributed by atoms with van der Waals surface area (Å²) in [5.41, 5.74) is 0. The van der Waals surface area contributed by atoms with Gasteiger partial charge >= 0.3 is 0 Å². The second-order valence-electron chi connectivity index (χ2n) is 31.7. The fourth-order valence-corrected chi connectivity index (χ4v) is 24.3. The highest BCUT2D eigenvalue weighted by Crippen LogP contribution is 2.72. The molecule has 14 unspecified atom stereocenters. The molecule has 74 heavy (non-hydrogen) atoms. The van der Waals surface area contributed by atoms with Gasteiger partial charge < -0.3 is 0 Å². The lowest BCUT2D eigenvalue weighted by Gasteiger charge is -2.73. The average molecular weight is 1010 g/mol. The second kappa shape index (κ2) is 23.5. The SMILES string of the molecule is CC1CCC(/C=C/C2CCC(N(C3CCC(C)CC3)C3C4CCCCC4C4C5C(CCCC53)C3CCCC5C3C4C3CCCCC3C5N(C3CCC(C)CC3)C3CCC(/C=C/C4CCC(C)CC4)CC3)CC2)CC1. The van der Waals surface area contributed by atoms with Gasteiger partial charge in [0.25, 0.3) is 0 Å². The molecule has 0 bridgehead atoms. The summed E-state index contributed by atoms with van der Waals surface area (Å²) in [6.45, 7) is 10.2. The van der Waals surface area contributed by atoms with Crippen molar-refractivity contribution in [3.8, 4) is 0 Å². The number of nitrogens with zero attached hydrogens (tertiary/aromatic N) is 2. The average Bonchev–Trinajstić information content (AvgIpc) is 3.47. The van der Waals surface area contributed by atoms with Crippen LogP contribution in [-0.2, 0) is 0 Å². The van der Waals surface area contributed by atoms with E-state index in [2.05, 4.69) is 61.8 Å². The second-order valence-corrected chi connectivity index (χ2v) is 31.7. The Morgan fingerprint density at radius 3 is 0.770 bits per heavy atom. The lowest BCUT2D eigenvalue weighted by atomic mass is 9.35. The van der Waals surface area contributed by atoms with Crippen molar-refractivity contribution >= 4 is 0 Å². The standard InChI is InChI=1S/C72H118N2/c1-47-19-27-51(28-20-47)31-33-53-35-43-57(44-36-53)73(55-39-23-49(3)24-40-55)71-63-13-7-5-11-61(63)69-67-59(15-9-17-65(67)71)60-16-10-18-66-68(60)70(69)62-12-6-8-14-64(62)72(66)74(56-41-25-50(4)26-42-56)58-45-37-54(38-46-58)34-32-52-29-21-48(2)22-30-52/h31-34,47-72H,5-30,35-46H2,1-4H3/b33-31+,34-32+. The van der Waals surface area contributed by atoms with Gasteiger partial charge in [-0.3, -0.25) is 9.80 Å². The van der Waals surface area contributed by atoms with Crippen molar-refractivity contribution in [3.05, 3.63) is 24.3 Å². The van der Waals surface area contributed by atoms with Crippen LogP contribution in [0.5, 0.6) is 0 Å². The Morgan fingerprint density at radius 1 is 0.216 bits per heavy atom. The van der Waals surface area contributed by atoms with E-state index in [1.165, 1.54) is 154 Å². The van der Waals surface area contributed by atoms with Gasteiger partial charge in [-0.05, 0) is 298 Å². The summed E-state index contributed by atoms with van der Waals surface area (Å²) < 4.78 is 0. The van der Waals surface area contributed by atoms with E-state index in [1.54, 1.807) is 89.9 Å². The number of fused-ring (bicyclic) bond motifs is 6. The van der Waals surface area contributed by atoms with Crippen LogP contribution >= 0.6 is 0 Å².